The molecular formula is C7H10NS. The molecule has 0 aliphatic carbocycles. The van der Waals surface area contributed by atoms with Crippen molar-refractivity contribution in [2.24, 2.45) is 0 Å². The van der Waals surface area contributed by atoms with Gasteiger partial charge in [-0.15, -0.1) is 11.3 Å². The predicted octanol–water partition coefficient (Wildman–Crippen LogP) is 2.07. The second-order valence-corrected chi connectivity index (χ2v) is 2.74. The van der Waals surface area contributed by atoms with E-state index in [1.54, 1.807) is 11.3 Å². The van der Waals surface area contributed by atoms with Crippen LogP contribution in [0.1, 0.15) is 24.5 Å². The predicted molar refractivity (Wildman–Crippen MR) is 39.7 cm³/mol. The summed E-state index contributed by atoms with van der Waals surface area (Å²) in [5, 5.41) is 4.34. The van der Waals surface area contributed by atoms with Crippen molar-refractivity contribution in [3.63, 3.8) is 0 Å². The third-order valence-corrected chi connectivity index (χ3v) is 2.14. The number of thiazole rings is 1. The molecule has 0 aliphatic heterocycles. The van der Waals surface area contributed by atoms with Gasteiger partial charge in [0.25, 0.3) is 0 Å². The van der Waals surface area contributed by atoms with Crippen LogP contribution >= 0.6 is 11.3 Å². The average molecular weight is 140 g/mol. The molecule has 0 saturated carbocycles. The van der Waals surface area contributed by atoms with Crippen molar-refractivity contribution in [1.29, 1.82) is 0 Å². The van der Waals surface area contributed by atoms with Gasteiger partial charge in [0.05, 0.1) is 16.1 Å². The highest BCUT2D eigenvalue weighted by atomic mass is 32.1. The summed E-state index contributed by atoms with van der Waals surface area (Å²) in [6, 6.07) is 0. The van der Waals surface area contributed by atoms with Crippen molar-refractivity contribution in [3.05, 3.63) is 16.1 Å². The van der Waals surface area contributed by atoms with Gasteiger partial charge in [-0.05, 0) is 12.8 Å². The number of hydrogen-bond acceptors (Lipinski definition) is 2. The summed E-state index contributed by atoms with van der Waals surface area (Å²) in [5.41, 5.74) is 1.11. The smallest absolute Gasteiger partial charge is 0.0932 e. The topological polar surface area (TPSA) is 12.9 Å². The largest absolute Gasteiger partial charge is 0.246 e. The quantitative estimate of drug-likeness (QED) is 0.612. The number of hydrogen-bond donors (Lipinski definition) is 0. The first-order valence-electron chi connectivity index (χ1n) is 3.23. The molecule has 0 fully saturated rings. The Morgan fingerprint density at radius 2 is 2.22 bits per heavy atom. The molecule has 0 N–H and O–H groups in total. The first-order chi connectivity index (χ1) is 4.36. The Bertz CT molecular complexity index is 162. The van der Waals surface area contributed by atoms with Crippen molar-refractivity contribution < 1.29 is 0 Å². The van der Waals surface area contributed by atoms with E-state index in [4.69, 9.17) is 0 Å². The normalized spacial score (nSPS) is 10.0. The van der Waals surface area contributed by atoms with Gasteiger partial charge in [-0.1, -0.05) is 13.8 Å². The maximum Gasteiger partial charge on any atom is 0.0932 e. The minimum absolute atomic E-state index is 1.01. The van der Waals surface area contributed by atoms with E-state index in [2.05, 4.69) is 24.2 Å². The van der Waals surface area contributed by atoms with E-state index in [1.165, 1.54) is 5.01 Å². The highest BCUT2D eigenvalue weighted by Gasteiger charge is 1.95. The number of aryl methyl sites for hydroxylation is 2. The fraction of sp³-hybridized carbons (Fsp3) is 0.571. The lowest BCUT2D eigenvalue weighted by Gasteiger charge is -1.82. The van der Waals surface area contributed by atoms with Crippen LogP contribution in [0.25, 0.3) is 0 Å². The van der Waals surface area contributed by atoms with Gasteiger partial charge in [0.15, 0.2) is 0 Å². The second-order valence-electron chi connectivity index (χ2n) is 1.86. The third-order valence-electron chi connectivity index (χ3n) is 1.18. The molecule has 1 radical (unpaired) electrons. The molecule has 0 aromatic carbocycles. The lowest BCUT2D eigenvalue weighted by Crippen LogP contribution is -1.80. The molecule has 0 saturated heterocycles. The summed E-state index contributed by atoms with van der Waals surface area (Å²) in [7, 11) is 0. The van der Waals surface area contributed by atoms with Crippen molar-refractivity contribution in [3.8, 4) is 0 Å². The van der Waals surface area contributed by atoms with E-state index in [9.17, 15) is 0 Å². The molecule has 9 heavy (non-hydrogen) atoms. The van der Waals surface area contributed by atoms with Crippen LogP contribution in [0.2, 0.25) is 0 Å². The molecule has 1 heterocycles. The van der Waals surface area contributed by atoms with E-state index in [1.807, 2.05) is 0 Å². The van der Waals surface area contributed by atoms with Crippen LogP contribution in [0.4, 0.5) is 0 Å². The summed E-state index contributed by atoms with van der Waals surface area (Å²) in [5.74, 6) is 0. The monoisotopic (exact) mass is 140 g/mol. The SMILES string of the molecule is CCc1[c]sc(CC)n1. The van der Waals surface area contributed by atoms with Gasteiger partial charge in [-0.25, -0.2) is 4.98 Å². The van der Waals surface area contributed by atoms with Gasteiger partial charge in [-0.3, -0.25) is 0 Å². The van der Waals surface area contributed by atoms with Crippen LogP contribution in [0.15, 0.2) is 0 Å². The molecular weight excluding hydrogens is 130 g/mol. The van der Waals surface area contributed by atoms with Crippen LogP contribution in [0, 0.1) is 5.38 Å². The Morgan fingerprint density at radius 3 is 2.56 bits per heavy atom. The highest BCUT2D eigenvalue weighted by Crippen LogP contribution is 2.08. The molecule has 2 heteroatoms. The van der Waals surface area contributed by atoms with E-state index in [0.717, 1.165) is 18.5 Å². The zero-order valence-corrected chi connectivity index (χ0v) is 6.59. The van der Waals surface area contributed by atoms with Gasteiger partial charge in [0, 0.05) is 0 Å². The minimum Gasteiger partial charge on any atom is -0.246 e. The van der Waals surface area contributed by atoms with Crippen molar-refractivity contribution in [2.75, 3.05) is 0 Å². The van der Waals surface area contributed by atoms with Gasteiger partial charge in [0.2, 0.25) is 0 Å². The molecule has 1 nitrogen and oxygen atoms in total. The molecule has 0 bridgehead atoms. The molecule has 0 amide bonds. The molecule has 1 rings (SSSR count). The lowest BCUT2D eigenvalue weighted by molar-refractivity contribution is 1.00. The Labute approximate surface area is 59.8 Å². The fourth-order valence-corrected chi connectivity index (χ4v) is 1.34. The number of aromatic nitrogens is 1. The van der Waals surface area contributed by atoms with E-state index in [-0.39, 0.29) is 0 Å². The van der Waals surface area contributed by atoms with Crippen molar-refractivity contribution >= 4 is 11.3 Å². The van der Waals surface area contributed by atoms with Crippen LogP contribution < -0.4 is 0 Å². The number of rotatable bonds is 2. The maximum absolute atomic E-state index is 4.31. The summed E-state index contributed by atoms with van der Waals surface area (Å²) in [4.78, 5) is 4.31. The van der Waals surface area contributed by atoms with E-state index >= 15 is 0 Å². The van der Waals surface area contributed by atoms with Crippen LogP contribution in [0.3, 0.4) is 0 Å². The zero-order chi connectivity index (χ0) is 6.69. The molecule has 49 valence electrons. The molecule has 0 atom stereocenters. The van der Waals surface area contributed by atoms with Crippen LogP contribution in [-0.2, 0) is 12.8 Å². The van der Waals surface area contributed by atoms with E-state index < -0.39 is 0 Å². The third kappa shape index (κ3) is 1.52. The number of nitrogens with zero attached hydrogens (tertiary/aromatic N) is 1. The average Bonchev–Trinajstić information content (AvgIpc) is 2.34. The van der Waals surface area contributed by atoms with Crippen LogP contribution in [0.5, 0.6) is 0 Å². The van der Waals surface area contributed by atoms with E-state index in [0.29, 0.717) is 0 Å². The Morgan fingerprint density at radius 1 is 1.44 bits per heavy atom. The zero-order valence-electron chi connectivity index (χ0n) is 5.77. The first-order valence-corrected chi connectivity index (χ1v) is 4.04. The fourth-order valence-electron chi connectivity index (χ4n) is 0.616. The summed E-state index contributed by atoms with van der Waals surface area (Å²) in [6.07, 6.45) is 2.05. The molecule has 0 unspecified atom stereocenters. The molecule has 0 spiro atoms. The summed E-state index contributed by atoms with van der Waals surface area (Å²) < 4.78 is 0. The Kier molecular flexibility index (Phi) is 2.22. The van der Waals surface area contributed by atoms with Crippen molar-refractivity contribution in [1.82, 2.24) is 4.98 Å². The minimum atomic E-state index is 1.01. The second kappa shape index (κ2) is 2.97. The molecule has 0 aliphatic rings. The van der Waals surface area contributed by atoms with Gasteiger partial charge >= 0.3 is 0 Å². The van der Waals surface area contributed by atoms with Gasteiger partial charge in [-0.2, -0.15) is 0 Å². The Hall–Kier alpha value is -0.370. The van der Waals surface area contributed by atoms with Crippen LogP contribution in [-0.4, -0.2) is 4.98 Å². The summed E-state index contributed by atoms with van der Waals surface area (Å²) in [6.45, 7) is 4.22. The summed E-state index contributed by atoms with van der Waals surface area (Å²) >= 11 is 1.64. The maximum atomic E-state index is 4.31. The molecule has 1 aromatic rings. The lowest BCUT2D eigenvalue weighted by atomic mass is 10.4. The molecule has 1 aromatic heterocycles. The Balaban J connectivity index is 2.74. The van der Waals surface area contributed by atoms with Gasteiger partial charge in [0.1, 0.15) is 0 Å². The standard InChI is InChI=1S/C7H10NS/c1-3-6-5-9-7(4-2)8-6/h3-4H2,1-2H3. The first kappa shape index (κ1) is 6.75. The van der Waals surface area contributed by atoms with Gasteiger partial charge < -0.3 is 0 Å². The van der Waals surface area contributed by atoms with Crippen molar-refractivity contribution in [2.45, 2.75) is 26.7 Å². The highest BCUT2D eigenvalue weighted by molar-refractivity contribution is 7.09.